The van der Waals surface area contributed by atoms with Crippen LogP contribution in [0.25, 0.3) is 0 Å². The van der Waals surface area contributed by atoms with Crippen molar-refractivity contribution in [3.05, 3.63) is 12.4 Å². The Hall–Kier alpha value is -0.660. The summed E-state index contributed by atoms with van der Waals surface area (Å²) in [4.78, 5) is 5.13. The lowest BCUT2D eigenvalue weighted by Gasteiger charge is -2.35. The van der Waals surface area contributed by atoms with Crippen LogP contribution in [-0.4, -0.2) is 29.1 Å². The first-order chi connectivity index (χ1) is 10.2. The van der Waals surface area contributed by atoms with Crippen molar-refractivity contribution in [2.75, 3.05) is 13.1 Å². The van der Waals surface area contributed by atoms with E-state index in [-0.39, 0.29) is 0 Å². The quantitative estimate of drug-likeness (QED) is 0.432. The average Bonchev–Trinajstić information content (AvgIpc) is 2.87. The van der Waals surface area contributed by atoms with Gasteiger partial charge in [-0.2, -0.15) is 0 Å². The second-order valence-corrected chi connectivity index (χ2v) is 6.91. The Kier molecular flexibility index (Phi) is 9.62. The van der Waals surface area contributed by atoms with E-state index in [2.05, 4.69) is 49.9 Å². The lowest BCUT2D eigenvalue weighted by Crippen LogP contribution is -2.43. The van der Waals surface area contributed by atoms with Gasteiger partial charge in [-0.05, 0) is 18.8 Å². The van der Waals surface area contributed by atoms with Crippen molar-refractivity contribution >= 4 is 0 Å². The summed E-state index contributed by atoms with van der Waals surface area (Å²) in [6.07, 6.45) is 17.6. The normalized spacial score (nSPS) is 18.2. The largest absolute Gasteiger partial charge is 0.356 e. The molecule has 0 saturated carbocycles. The maximum absolute atomic E-state index is 2.58. The Bertz CT molecular complexity index is 273. The predicted molar refractivity (Wildman–Crippen MR) is 94.1 cm³/mol. The third-order valence-corrected chi connectivity index (χ3v) is 4.52. The summed E-state index contributed by atoms with van der Waals surface area (Å²) in [7, 11) is 0. The first kappa shape index (κ1) is 18.4. The third kappa shape index (κ3) is 6.76. The van der Waals surface area contributed by atoms with E-state index in [0.29, 0.717) is 12.1 Å². The summed E-state index contributed by atoms with van der Waals surface area (Å²) < 4.78 is 0. The smallest absolute Gasteiger partial charge is 0.103 e. The molecule has 0 saturated heterocycles. The van der Waals surface area contributed by atoms with Crippen LogP contribution in [0.5, 0.6) is 0 Å². The van der Waals surface area contributed by atoms with E-state index in [1.54, 1.807) is 0 Å². The van der Waals surface area contributed by atoms with Gasteiger partial charge in [-0.3, -0.25) is 0 Å². The zero-order valence-electron chi connectivity index (χ0n) is 15.0. The van der Waals surface area contributed by atoms with Crippen LogP contribution in [0.3, 0.4) is 0 Å². The van der Waals surface area contributed by atoms with Gasteiger partial charge in [0.2, 0.25) is 0 Å². The Balaban J connectivity index is 2.22. The fraction of sp³-hybridized carbons (Fsp3) is 0.895. The van der Waals surface area contributed by atoms with E-state index < -0.39 is 0 Å². The first-order valence-electron chi connectivity index (χ1n) is 9.40. The second kappa shape index (κ2) is 11.0. The van der Waals surface area contributed by atoms with Gasteiger partial charge in [0, 0.05) is 25.5 Å². The molecule has 0 aromatic rings. The summed E-state index contributed by atoms with van der Waals surface area (Å²) in [6, 6.07) is 0. The Labute approximate surface area is 133 Å². The van der Waals surface area contributed by atoms with Crippen molar-refractivity contribution in [1.29, 1.82) is 0 Å². The second-order valence-electron chi connectivity index (χ2n) is 6.91. The zero-order chi connectivity index (χ0) is 15.5. The zero-order valence-corrected chi connectivity index (χ0v) is 15.0. The van der Waals surface area contributed by atoms with Crippen molar-refractivity contribution in [3.8, 4) is 0 Å². The van der Waals surface area contributed by atoms with Gasteiger partial charge in [0.1, 0.15) is 6.17 Å². The molecule has 1 unspecified atom stereocenters. The molecule has 1 aliphatic heterocycles. The van der Waals surface area contributed by atoms with Gasteiger partial charge in [0.15, 0.2) is 0 Å². The monoisotopic (exact) mass is 294 g/mol. The van der Waals surface area contributed by atoms with Crippen LogP contribution in [0.15, 0.2) is 12.4 Å². The molecule has 124 valence electrons. The highest BCUT2D eigenvalue weighted by Gasteiger charge is 2.27. The van der Waals surface area contributed by atoms with Crippen LogP contribution in [0.4, 0.5) is 0 Å². The molecule has 0 amide bonds. The summed E-state index contributed by atoms with van der Waals surface area (Å²) in [5, 5.41) is 0. The molecule has 0 fully saturated rings. The fourth-order valence-corrected chi connectivity index (χ4v) is 3.31. The fourth-order valence-electron chi connectivity index (χ4n) is 3.31. The molecule has 0 spiro atoms. The highest BCUT2D eigenvalue weighted by atomic mass is 15.4. The van der Waals surface area contributed by atoms with E-state index in [4.69, 9.17) is 0 Å². The molecule has 0 aromatic heterocycles. The Morgan fingerprint density at radius 2 is 1.19 bits per heavy atom. The maximum Gasteiger partial charge on any atom is 0.103 e. The molecule has 1 heterocycles. The predicted octanol–water partition coefficient (Wildman–Crippen LogP) is 5.61. The minimum absolute atomic E-state index is 0.594. The van der Waals surface area contributed by atoms with E-state index in [0.717, 1.165) is 0 Å². The minimum atomic E-state index is 0.594. The van der Waals surface area contributed by atoms with Crippen LogP contribution < -0.4 is 0 Å². The highest BCUT2D eigenvalue weighted by Crippen LogP contribution is 2.23. The molecule has 0 bridgehead atoms. The van der Waals surface area contributed by atoms with Crippen LogP contribution in [0, 0.1) is 5.92 Å². The lowest BCUT2D eigenvalue weighted by molar-refractivity contribution is 0.104. The topological polar surface area (TPSA) is 6.48 Å². The molecular formula is C19H38N2. The number of nitrogens with zero attached hydrogens (tertiary/aromatic N) is 2. The van der Waals surface area contributed by atoms with Gasteiger partial charge < -0.3 is 9.80 Å². The van der Waals surface area contributed by atoms with E-state index in [1.165, 1.54) is 70.9 Å². The highest BCUT2D eigenvalue weighted by molar-refractivity contribution is 4.98. The van der Waals surface area contributed by atoms with E-state index in [1.807, 2.05) is 0 Å². The number of hydrogen-bond acceptors (Lipinski definition) is 2. The molecule has 0 radical (unpaired) electrons. The van der Waals surface area contributed by atoms with Crippen molar-refractivity contribution in [2.24, 2.45) is 5.92 Å². The number of unbranched alkanes of at least 4 members (excludes halogenated alkanes) is 7. The summed E-state index contributed by atoms with van der Waals surface area (Å²) in [5.74, 6) is 0.696. The molecule has 21 heavy (non-hydrogen) atoms. The van der Waals surface area contributed by atoms with Crippen molar-refractivity contribution in [2.45, 2.75) is 91.6 Å². The molecule has 1 rings (SSSR count). The van der Waals surface area contributed by atoms with Crippen molar-refractivity contribution < 1.29 is 0 Å². The van der Waals surface area contributed by atoms with Crippen LogP contribution >= 0.6 is 0 Å². The molecule has 1 atom stereocenters. The van der Waals surface area contributed by atoms with Crippen molar-refractivity contribution in [1.82, 2.24) is 9.80 Å². The van der Waals surface area contributed by atoms with Gasteiger partial charge >= 0.3 is 0 Å². The SMILES string of the molecule is CCCCCCCCCN1C=CN(CCCC)C1C(C)C. The summed E-state index contributed by atoms with van der Waals surface area (Å²) in [6.45, 7) is 11.7. The minimum Gasteiger partial charge on any atom is -0.356 e. The van der Waals surface area contributed by atoms with Crippen LogP contribution in [0.1, 0.15) is 85.5 Å². The molecule has 1 aliphatic rings. The Morgan fingerprint density at radius 1 is 0.714 bits per heavy atom. The van der Waals surface area contributed by atoms with Gasteiger partial charge in [-0.15, -0.1) is 0 Å². The third-order valence-electron chi connectivity index (χ3n) is 4.52. The molecular weight excluding hydrogens is 256 g/mol. The lowest BCUT2D eigenvalue weighted by atomic mass is 10.1. The first-order valence-corrected chi connectivity index (χ1v) is 9.40. The summed E-state index contributed by atoms with van der Waals surface area (Å²) >= 11 is 0. The van der Waals surface area contributed by atoms with Crippen LogP contribution in [-0.2, 0) is 0 Å². The molecule has 0 aliphatic carbocycles. The van der Waals surface area contributed by atoms with Gasteiger partial charge in [0.05, 0.1) is 0 Å². The molecule has 2 nitrogen and oxygen atoms in total. The summed E-state index contributed by atoms with van der Waals surface area (Å²) in [5.41, 5.74) is 0. The van der Waals surface area contributed by atoms with Crippen LogP contribution in [0.2, 0.25) is 0 Å². The van der Waals surface area contributed by atoms with Crippen molar-refractivity contribution in [3.63, 3.8) is 0 Å². The molecule has 0 aromatic carbocycles. The number of rotatable bonds is 12. The standard InChI is InChI=1S/C19H38N2/c1-5-7-9-10-11-12-13-15-21-17-16-20(14-8-6-2)19(21)18(3)4/h16-19H,5-15H2,1-4H3. The maximum atomic E-state index is 2.58. The van der Waals surface area contributed by atoms with Gasteiger partial charge in [-0.1, -0.05) is 72.6 Å². The Morgan fingerprint density at radius 3 is 1.71 bits per heavy atom. The van der Waals surface area contributed by atoms with E-state index in [9.17, 15) is 0 Å². The number of hydrogen-bond donors (Lipinski definition) is 0. The molecule has 0 N–H and O–H groups in total. The molecule has 2 heteroatoms. The average molecular weight is 295 g/mol. The van der Waals surface area contributed by atoms with Gasteiger partial charge in [0.25, 0.3) is 0 Å². The van der Waals surface area contributed by atoms with E-state index >= 15 is 0 Å². The van der Waals surface area contributed by atoms with Gasteiger partial charge in [-0.25, -0.2) is 0 Å².